The van der Waals surface area contributed by atoms with Crippen molar-refractivity contribution in [1.29, 1.82) is 0 Å². The molecule has 1 heterocycles. The number of rotatable bonds is 1. The smallest absolute Gasteiger partial charge is 0.217 e. The van der Waals surface area contributed by atoms with E-state index in [0.29, 0.717) is 5.92 Å². The highest BCUT2D eigenvalue weighted by atomic mass is 16.5. The normalized spacial score (nSPS) is 15.2. The molecule has 2 rings (SSSR count). The number of hydrogen-bond acceptors (Lipinski definition) is 2. The monoisotopic (exact) mass is 189 g/mol. The lowest BCUT2D eigenvalue weighted by Gasteiger charge is -2.29. The fraction of sp³-hybridized carbons (Fsp3) is 0.455. The molecule has 0 spiro atoms. The van der Waals surface area contributed by atoms with Gasteiger partial charge in [0.2, 0.25) is 7.98 Å². The molecule has 0 amide bonds. The van der Waals surface area contributed by atoms with Crippen molar-refractivity contribution < 1.29 is 4.74 Å². The van der Waals surface area contributed by atoms with Crippen LogP contribution in [0.4, 0.5) is 5.69 Å². The van der Waals surface area contributed by atoms with Crippen LogP contribution in [-0.4, -0.2) is 21.1 Å². The molecule has 1 aromatic carbocycles. The maximum absolute atomic E-state index is 5.59. The van der Waals surface area contributed by atoms with Gasteiger partial charge >= 0.3 is 0 Å². The third kappa shape index (κ3) is 1.59. The molecule has 3 heteroatoms. The van der Waals surface area contributed by atoms with Crippen LogP contribution in [0.2, 0.25) is 0 Å². The van der Waals surface area contributed by atoms with Gasteiger partial charge in [0, 0.05) is 6.54 Å². The molecule has 1 aromatic rings. The van der Waals surface area contributed by atoms with Gasteiger partial charge in [-0.1, -0.05) is 19.9 Å². The Morgan fingerprint density at radius 3 is 2.93 bits per heavy atom. The topological polar surface area (TPSA) is 12.5 Å². The van der Waals surface area contributed by atoms with E-state index < -0.39 is 0 Å². The molecular weight excluding hydrogens is 173 g/mol. The van der Waals surface area contributed by atoms with Crippen molar-refractivity contribution in [2.75, 3.05) is 18.0 Å². The molecule has 0 N–H and O–H groups in total. The largest absolute Gasteiger partial charge is 0.490 e. The summed E-state index contributed by atoms with van der Waals surface area (Å²) in [6.45, 7) is 6.20. The maximum atomic E-state index is 5.59. The van der Waals surface area contributed by atoms with Crippen LogP contribution in [0, 0.1) is 0 Å². The predicted molar refractivity (Wildman–Crippen MR) is 61.9 cm³/mol. The maximum Gasteiger partial charge on any atom is 0.217 e. The number of benzene rings is 1. The Labute approximate surface area is 86.3 Å². The fourth-order valence-corrected chi connectivity index (χ4v) is 1.73. The van der Waals surface area contributed by atoms with Crippen molar-refractivity contribution in [3.8, 4) is 5.75 Å². The van der Waals surface area contributed by atoms with Crippen LogP contribution < -0.4 is 9.55 Å². The summed E-state index contributed by atoms with van der Waals surface area (Å²) in [5.41, 5.74) is 2.60. The van der Waals surface area contributed by atoms with E-state index in [2.05, 4.69) is 44.8 Å². The Morgan fingerprint density at radius 2 is 2.21 bits per heavy atom. The van der Waals surface area contributed by atoms with Crippen molar-refractivity contribution in [2.24, 2.45) is 0 Å². The fourth-order valence-electron chi connectivity index (χ4n) is 1.73. The third-order valence-corrected chi connectivity index (χ3v) is 2.75. The number of fused-ring (bicyclic) bond motifs is 1. The zero-order valence-corrected chi connectivity index (χ0v) is 9.08. The van der Waals surface area contributed by atoms with Crippen molar-refractivity contribution in [3.63, 3.8) is 0 Å². The molecule has 0 radical (unpaired) electrons. The van der Waals surface area contributed by atoms with Gasteiger partial charge in [-0.2, -0.15) is 0 Å². The molecule has 14 heavy (non-hydrogen) atoms. The zero-order chi connectivity index (χ0) is 10.1. The number of ether oxygens (including phenoxy) is 1. The van der Waals surface area contributed by atoms with Crippen molar-refractivity contribution in [3.05, 3.63) is 23.8 Å². The highest BCUT2D eigenvalue weighted by Gasteiger charge is 2.15. The lowest BCUT2D eigenvalue weighted by Crippen LogP contribution is -2.30. The first-order valence-corrected chi connectivity index (χ1v) is 5.16. The van der Waals surface area contributed by atoms with Crippen LogP contribution in [0.15, 0.2) is 18.2 Å². The SMILES string of the molecule is BN1CCOc2ccc(C(C)C)cc21. The molecule has 1 aliphatic heterocycles. The standard InChI is InChI=1S/C11H16BNO/c1-8(2)9-3-4-11-10(7-9)13(12)5-6-14-11/h3-4,7-8H,5-6,12H2,1-2H3. The molecule has 0 saturated carbocycles. The summed E-state index contributed by atoms with van der Waals surface area (Å²) in [5, 5.41) is 0. The van der Waals surface area contributed by atoms with Gasteiger partial charge in [0.1, 0.15) is 12.4 Å². The van der Waals surface area contributed by atoms with Crippen LogP contribution in [0.3, 0.4) is 0 Å². The third-order valence-electron chi connectivity index (χ3n) is 2.75. The van der Waals surface area contributed by atoms with E-state index in [-0.39, 0.29) is 0 Å². The molecule has 0 unspecified atom stereocenters. The molecule has 0 aromatic heterocycles. The van der Waals surface area contributed by atoms with E-state index in [1.165, 1.54) is 11.3 Å². The summed E-state index contributed by atoms with van der Waals surface area (Å²) in [6, 6.07) is 6.47. The van der Waals surface area contributed by atoms with Gasteiger partial charge in [-0.05, 0) is 23.6 Å². The Bertz CT molecular complexity index is 338. The summed E-state index contributed by atoms with van der Waals surface area (Å²) in [6.07, 6.45) is 0. The van der Waals surface area contributed by atoms with Crippen LogP contribution in [0.1, 0.15) is 25.3 Å². The summed E-state index contributed by atoms with van der Waals surface area (Å²) >= 11 is 0. The van der Waals surface area contributed by atoms with Crippen molar-refractivity contribution in [1.82, 2.24) is 0 Å². The summed E-state index contributed by atoms with van der Waals surface area (Å²) in [5.74, 6) is 1.60. The first-order valence-electron chi connectivity index (χ1n) is 5.16. The van der Waals surface area contributed by atoms with Crippen molar-refractivity contribution >= 4 is 13.7 Å². The van der Waals surface area contributed by atoms with Crippen LogP contribution in [0.5, 0.6) is 5.75 Å². The lowest BCUT2D eigenvalue weighted by atomic mass is 10.0. The average Bonchev–Trinajstić information content (AvgIpc) is 2.18. The minimum absolute atomic E-state index is 0.579. The number of anilines is 1. The van der Waals surface area contributed by atoms with E-state index in [1.54, 1.807) is 0 Å². The van der Waals surface area contributed by atoms with Gasteiger partial charge in [-0.25, -0.2) is 0 Å². The van der Waals surface area contributed by atoms with E-state index in [1.807, 2.05) is 0 Å². The van der Waals surface area contributed by atoms with E-state index in [4.69, 9.17) is 4.74 Å². The first kappa shape index (κ1) is 9.44. The van der Waals surface area contributed by atoms with Crippen LogP contribution >= 0.6 is 0 Å². The van der Waals surface area contributed by atoms with Crippen LogP contribution in [-0.2, 0) is 0 Å². The Morgan fingerprint density at radius 1 is 1.43 bits per heavy atom. The molecule has 0 bridgehead atoms. The Balaban J connectivity index is 2.41. The molecule has 74 valence electrons. The zero-order valence-electron chi connectivity index (χ0n) is 9.08. The van der Waals surface area contributed by atoms with E-state index >= 15 is 0 Å². The molecule has 0 atom stereocenters. The highest BCUT2D eigenvalue weighted by molar-refractivity contribution is 6.18. The molecule has 0 aliphatic carbocycles. The van der Waals surface area contributed by atoms with Gasteiger partial charge < -0.3 is 9.55 Å². The minimum Gasteiger partial charge on any atom is -0.490 e. The van der Waals surface area contributed by atoms with E-state index in [0.717, 1.165) is 18.9 Å². The number of nitrogens with zero attached hydrogens (tertiary/aromatic N) is 1. The Kier molecular flexibility index (Phi) is 2.40. The summed E-state index contributed by atoms with van der Waals surface area (Å²) < 4.78 is 5.59. The molecule has 2 nitrogen and oxygen atoms in total. The second-order valence-electron chi connectivity index (χ2n) is 4.15. The molecular formula is C11H16BNO. The second kappa shape index (κ2) is 3.56. The van der Waals surface area contributed by atoms with Gasteiger partial charge in [-0.3, -0.25) is 0 Å². The van der Waals surface area contributed by atoms with Gasteiger partial charge in [0.05, 0.1) is 5.69 Å². The predicted octanol–water partition coefficient (Wildman–Crippen LogP) is 1.56. The number of hydrogen-bond donors (Lipinski definition) is 0. The summed E-state index contributed by atoms with van der Waals surface area (Å²) in [7, 11) is 2.12. The molecule has 0 fully saturated rings. The minimum atomic E-state index is 0.579. The highest BCUT2D eigenvalue weighted by Crippen LogP contribution is 2.33. The van der Waals surface area contributed by atoms with Crippen LogP contribution in [0.25, 0.3) is 0 Å². The van der Waals surface area contributed by atoms with E-state index in [9.17, 15) is 0 Å². The molecule has 1 aliphatic rings. The van der Waals surface area contributed by atoms with Gasteiger partial charge in [-0.15, -0.1) is 0 Å². The van der Waals surface area contributed by atoms with Crippen molar-refractivity contribution in [2.45, 2.75) is 19.8 Å². The first-order chi connectivity index (χ1) is 6.68. The lowest BCUT2D eigenvalue weighted by molar-refractivity contribution is 0.316. The summed E-state index contributed by atoms with van der Waals surface area (Å²) in [4.78, 5) is 2.25. The quantitative estimate of drug-likeness (QED) is 0.621. The van der Waals surface area contributed by atoms with Gasteiger partial charge in [0.25, 0.3) is 0 Å². The Hall–Kier alpha value is -1.12. The average molecular weight is 189 g/mol. The second-order valence-corrected chi connectivity index (χ2v) is 4.15. The molecule has 0 saturated heterocycles. The van der Waals surface area contributed by atoms with Gasteiger partial charge in [0.15, 0.2) is 0 Å².